The number of phenols is 1. The minimum Gasteiger partial charge on any atom is -0.508 e. The van der Waals surface area contributed by atoms with Gasteiger partial charge in [-0.25, -0.2) is 4.39 Å². The van der Waals surface area contributed by atoms with Crippen LogP contribution in [0.25, 0.3) is 21.8 Å². The highest BCUT2D eigenvalue weighted by Crippen LogP contribution is 2.38. The van der Waals surface area contributed by atoms with Crippen LogP contribution in [0.2, 0.25) is 0 Å². The van der Waals surface area contributed by atoms with Gasteiger partial charge in [0.2, 0.25) is 0 Å². The Hall–Kier alpha value is -5.22. The largest absolute Gasteiger partial charge is 0.508 e. The summed E-state index contributed by atoms with van der Waals surface area (Å²) in [6, 6.07) is 21.5. The number of benzene rings is 4. The molecule has 6 rings (SSSR count). The third kappa shape index (κ3) is 5.28. The first-order valence-electron chi connectivity index (χ1n) is 13.5. The van der Waals surface area contributed by atoms with Crippen molar-refractivity contribution >= 4 is 51.0 Å². The molecule has 2 heterocycles. The molecule has 10 heteroatoms. The smallest absolute Gasteiger partial charge is 0.256 e. The molecular formula is C33H26FN5O3S. The number of aromatic nitrogens is 3. The van der Waals surface area contributed by atoms with Crippen molar-refractivity contribution in [3.63, 3.8) is 0 Å². The van der Waals surface area contributed by atoms with E-state index in [0.717, 1.165) is 17.1 Å². The van der Waals surface area contributed by atoms with Gasteiger partial charge in [-0.15, -0.1) is 0 Å². The molecule has 0 saturated carbocycles. The summed E-state index contributed by atoms with van der Waals surface area (Å²) < 4.78 is 23.3. The Kier molecular flexibility index (Phi) is 7.52. The van der Waals surface area contributed by atoms with Crippen molar-refractivity contribution in [2.24, 2.45) is 0 Å². The van der Waals surface area contributed by atoms with Crippen LogP contribution < -0.4 is 5.32 Å². The molecule has 2 aromatic heterocycles. The van der Waals surface area contributed by atoms with Crippen LogP contribution in [0.1, 0.15) is 46.1 Å². The number of halogens is 1. The second-order valence-electron chi connectivity index (χ2n) is 10.2. The molecule has 2 N–H and O–H groups in total. The zero-order valence-corrected chi connectivity index (χ0v) is 24.0. The molecule has 2 unspecified atom stereocenters. The number of aromatic hydroxyl groups is 1. The Balaban J connectivity index is 1.58. The molecule has 4 aromatic carbocycles. The number of rotatable bonds is 7. The summed E-state index contributed by atoms with van der Waals surface area (Å²) in [6.07, 6.45) is 3.27. The molecule has 0 fully saturated rings. The molecule has 0 saturated heterocycles. The lowest BCUT2D eigenvalue weighted by Crippen LogP contribution is -2.43. The van der Waals surface area contributed by atoms with Crippen molar-refractivity contribution in [3.8, 4) is 5.75 Å². The lowest BCUT2D eigenvalue weighted by atomic mass is 9.95. The molecule has 0 aliphatic carbocycles. The quantitative estimate of drug-likeness (QED) is 0.207. The van der Waals surface area contributed by atoms with Gasteiger partial charge in [0, 0.05) is 40.2 Å². The van der Waals surface area contributed by atoms with Crippen molar-refractivity contribution in [1.29, 1.82) is 0 Å². The van der Waals surface area contributed by atoms with E-state index in [1.54, 1.807) is 80.8 Å². The fraction of sp³-hybridized carbons (Fsp3) is 0.121. The van der Waals surface area contributed by atoms with Crippen molar-refractivity contribution in [3.05, 3.63) is 125 Å². The van der Waals surface area contributed by atoms with E-state index in [4.69, 9.17) is 0 Å². The fourth-order valence-electron chi connectivity index (χ4n) is 5.31. The molecule has 43 heavy (non-hydrogen) atoms. The predicted molar refractivity (Wildman–Crippen MR) is 164 cm³/mol. The summed E-state index contributed by atoms with van der Waals surface area (Å²) in [7, 11) is 0. The second-order valence-corrected chi connectivity index (χ2v) is 10.7. The lowest BCUT2D eigenvalue weighted by Gasteiger charge is -2.37. The van der Waals surface area contributed by atoms with Gasteiger partial charge in [0.05, 0.1) is 17.8 Å². The van der Waals surface area contributed by atoms with Gasteiger partial charge >= 0.3 is 0 Å². The highest BCUT2D eigenvalue weighted by atomic mass is 32.1. The van der Waals surface area contributed by atoms with E-state index in [0.29, 0.717) is 33.1 Å². The Morgan fingerprint density at radius 1 is 0.977 bits per heavy atom. The number of hydrogen-bond acceptors (Lipinski definition) is 7. The summed E-state index contributed by atoms with van der Waals surface area (Å²) in [5.74, 6) is -1.45. The second kappa shape index (κ2) is 11.6. The molecule has 0 radical (unpaired) electrons. The summed E-state index contributed by atoms with van der Waals surface area (Å²) >= 11 is 1.00. The summed E-state index contributed by atoms with van der Waals surface area (Å²) in [4.78, 5) is 35.0. The normalized spacial score (nSPS) is 12.6. The van der Waals surface area contributed by atoms with E-state index in [-0.39, 0.29) is 17.0 Å². The predicted octanol–water partition coefficient (Wildman–Crippen LogP) is 6.98. The minimum absolute atomic E-state index is 0.0216. The molecule has 0 spiro atoms. The molecule has 8 nitrogen and oxygen atoms in total. The average molecular weight is 592 g/mol. The van der Waals surface area contributed by atoms with Crippen LogP contribution in [-0.4, -0.2) is 35.6 Å². The number of amides is 2. The monoisotopic (exact) mass is 591 g/mol. The molecule has 2 atom stereocenters. The van der Waals surface area contributed by atoms with Gasteiger partial charge in [0.15, 0.2) is 0 Å². The van der Waals surface area contributed by atoms with Crippen molar-refractivity contribution in [1.82, 2.24) is 18.6 Å². The lowest BCUT2D eigenvalue weighted by molar-refractivity contribution is -0.121. The van der Waals surface area contributed by atoms with E-state index < -0.39 is 29.7 Å². The zero-order valence-electron chi connectivity index (χ0n) is 23.2. The van der Waals surface area contributed by atoms with Crippen molar-refractivity contribution < 1.29 is 19.1 Å². The number of phenolic OH excluding ortho intramolecular Hbond substituents is 1. The number of pyridine rings is 1. The number of nitrogens with one attached hydrogen (secondary N) is 1. The first-order valence-corrected chi connectivity index (χ1v) is 14.3. The van der Waals surface area contributed by atoms with Crippen LogP contribution in [-0.2, 0) is 4.79 Å². The average Bonchev–Trinajstić information content (AvgIpc) is 3.51. The number of anilines is 1. The van der Waals surface area contributed by atoms with Gasteiger partial charge in [0.25, 0.3) is 11.8 Å². The Morgan fingerprint density at radius 3 is 2.60 bits per heavy atom. The number of carbonyl (C=O) groups is 2. The van der Waals surface area contributed by atoms with Gasteiger partial charge in [0.1, 0.15) is 28.6 Å². The van der Waals surface area contributed by atoms with Gasteiger partial charge in [-0.1, -0.05) is 42.5 Å². The highest BCUT2D eigenvalue weighted by Gasteiger charge is 2.38. The van der Waals surface area contributed by atoms with E-state index in [1.807, 2.05) is 12.1 Å². The molecule has 2 amide bonds. The number of carbonyl (C=O) groups excluding carboxylic acids is 2. The number of fused-ring (bicyclic) bond motifs is 2. The third-order valence-electron chi connectivity index (χ3n) is 7.58. The van der Waals surface area contributed by atoms with Crippen LogP contribution in [0.3, 0.4) is 0 Å². The minimum atomic E-state index is -1.23. The molecule has 6 aromatic rings. The van der Waals surface area contributed by atoms with Crippen molar-refractivity contribution in [2.75, 3.05) is 5.32 Å². The van der Waals surface area contributed by atoms with Crippen LogP contribution in [0, 0.1) is 12.7 Å². The van der Waals surface area contributed by atoms with E-state index in [1.165, 1.54) is 23.1 Å². The molecule has 0 bridgehead atoms. The van der Waals surface area contributed by atoms with Gasteiger partial charge in [-0.2, -0.15) is 8.75 Å². The first kappa shape index (κ1) is 27.9. The van der Waals surface area contributed by atoms with Gasteiger partial charge < -0.3 is 15.3 Å². The SMILES string of the molecule is Cc1c(F)cccc1NC(=O)C(c1cccc2nsnc12)N(C(=O)c1cccc2ccncc12)C(C)c1cccc(O)c1. The molecular weight excluding hydrogens is 565 g/mol. The summed E-state index contributed by atoms with van der Waals surface area (Å²) in [5.41, 5.74) is 3.01. The van der Waals surface area contributed by atoms with E-state index >= 15 is 0 Å². The van der Waals surface area contributed by atoms with Gasteiger partial charge in [-0.3, -0.25) is 14.6 Å². The number of nitrogens with zero attached hydrogens (tertiary/aromatic N) is 4. The van der Waals surface area contributed by atoms with E-state index in [9.17, 15) is 19.1 Å². The van der Waals surface area contributed by atoms with Gasteiger partial charge in [-0.05, 0) is 67.3 Å². The van der Waals surface area contributed by atoms with Crippen molar-refractivity contribution in [2.45, 2.75) is 25.9 Å². The number of hydrogen-bond donors (Lipinski definition) is 2. The molecule has 0 aliphatic rings. The Labute approximate surface area is 250 Å². The van der Waals surface area contributed by atoms with Crippen LogP contribution in [0.15, 0.2) is 97.3 Å². The van der Waals surface area contributed by atoms with E-state index in [2.05, 4.69) is 19.0 Å². The molecule has 214 valence electrons. The van der Waals surface area contributed by atoms with Crippen LogP contribution in [0.5, 0.6) is 5.75 Å². The maximum absolute atomic E-state index is 14.8. The standard InChI is InChI=1S/C33H26FN5O3S/c1-19-27(34)12-6-13-28(19)36-32(41)31(25-11-5-14-29-30(25)38-43-37-29)39(20(2)22-8-3-9-23(40)17-22)33(42)24-10-4-7-21-15-16-35-18-26(21)24/h3-18,20,31,40H,1-2H3,(H,36,41). The highest BCUT2D eigenvalue weighted by molar-refractivity contribution is 7.00. The molecule has 0 aliphatic heterocycles. The maximum atomic E-state index is 14.8. The van der Waals surface area contributed by atoms with Crippen LogP contribution in [0.4, 0.5) is 10.1 Å². The topological polar surface area (TPSA) is 108 Å². The maximum Gasteiger partial charge on any atom is 0.256 e. The fourth-order valence-corrected chi connectivity index (χ4v) is 5.87. The first-order chi connectivity index (χ1) is 20.8. The van der Waals surface area contributed by atoms with Crippen LogP contribution >= 0.6 is 11.7 Å². The third-order valence-corrected chi connectivity index (χ3v) is 8.12. The summed E-state index contributed by atoms with van der Waals surface area (Å²) in [6.45, 7) is 3.37. The Bertz CT molecular complexity index is 1990. The Morgan fingerprint density at radius 2 is 1.77 bits per heavy atom. The summed E-state index contributed by atoms with van der Waals surface area (Å²) in [5, 5.41) is 14.6. The zero-order chi connectivity index (χ0) is 30.1.